The fraction of sp³-hybridized carbons (Fsp3) is 0.632. The number of ether oxygens (including phenoxy) is 2. The number of sulfonamides is 1. The Kier molecular flexibility index (Phi) is 7.49. The van der Waals surface area contributed by atoms with Gasteiger partial charge in [-0.05, 0) is 43.9 Å². The van der Waals surface area contributed by atoms with E-state index in [2.05, 4.69) is 5.32 Å². The van der Waals surface area contributed by atoms with E-state index in [1.165, 1.54) is 4.31 Å². The van der Waals surface area contributed by atoms with Crippen LogP contribution in [0.2, 0.25) is 0 Å². The maximum absolute atomic E-state index is 12.8. The first kappa shape index (κ1) is 21.5. The van der Waals surface area contributed by atoms with Gasteiger partial charge in [0.2, 0.25) is 15.9 Å². The lowest BCUT2D eigenvalue weighted by molar-refractivity contribution is -0.126. The SMILES string of the molecule is CC[C@H](NC(=O)[C@H]1CCCN(S(=O)(=O)CC)C1)c1ccc(OC)c(OC)c1. The third-order valence-electron chi connectivity index (χ3n) is 5.05. The highest BCUT2D eigenvalue weighted by molar-refractivity contribution is 7.89. The van der Waals surface area contributed by atoms with Gasteiger partial charge in [-0.3, -0.25) is 4.79 Å². The molecule has 27 heavy (non-hydrogen) atoms. The van der Waals surface area contributed by atoms with Crippen molar-refractivity contribution < 1.29 is 22.7 Å². The summed E-state index contributed by atoms with van der Waals surface area (Å²) in [5.41, 5.74) is 0.928. The highest BCUT2D eigenvalue weighted by atomic mass is 32.2. The van der Waals surface area contributed by atoms with Gasteiger partial charge in [-0.1, -0.05) is 13.0 Å². The number of hydrogen-bond donors (Lipinski definition) is 1. The Hall–Kier alpha value is -1.80. The molecule has 0 bridgehead atoms. The summed E-state index contributed by atoms with van der Waals surface area (Å²) in [4.78, 5) is 12.8. The molecular weight excluding hydrogens is 368 g/mol. The number of nitrogens with one attached hydrogen (secondary N) is 1. The van der Waals surface area contributed by atoms with Crippen molar-refractivity contribution in [3.63, 3.8) is 0 Å². The Morgan fingerprint density at radius 3 is 2.56 bits per heavy atom. The molecule has 1 aliphatic rings. The minimum absolute atomic E-state index is 0.0601. The van der Waals surface area contributed by atoms with Gasteiger partial charge in [0, 0.05) is 13.1 Å². The van der Waals surface area contributed by atoms with E-state index < -0.39 is 10.0 Å². The Balaban J connectivity index is 2.10. The highest BCUT2D eigenvalue weighted by Crippen LogP contribution is 2.31. The second-order valence-electron chi connectivity index (χ2n) is 6.68. The maximum Gasteiger partial charge on any atom is 0.224 e. The molecule has 1 saturated heterocycles. The van der Waals surface area contributed by atoms with E-state index in [4.69, 9.17) is 9.47 Å². The minimum atomic E-state index is -3.27. The molecule has 2 rings (SSSR count). The van der Waals surface area contributed by atoms with Crippen molar-refractivity contribution in [3.8, 4) is 11.5 Å². The first-order valence-corrected chi connectivity index (χ1v) is 11.0. The van der Waals surface area contributed by atoms with Crippen molar-refractivity contribution in [2.75, 3.05) is 33.1 Å². The molecule has 1 aromatic rings. The van der Waals surface area contributed by atoms with Gasteiger partial charge in [0.25, 0.3) is 0 Å². The number of benzene rings is 1. The van der Waals surface area contributed by atoms with E-state index in [1.807, 2.05) is 25.1 Å². The van der Waals surface area contributed by atoms with Crippen molar-refractivity contribution in [3.05, 3.63) is 23.8 Å². The van der Waals surface area contributed by atoms with Crippen LogP contribution in [0.15, 0.2) is 18.2 Å². The standard InChI is InChI=1S/C19H30N2O5S/c1-5-16(14-9-10-17(25-3)18(12-14)26-4)20-19(22)15-8-7-11-21(13-15)27(23,24)6-2/h9-10,12,15-16H,5-8,11,13H2,1-4H3,(H,20,22)/t15-,16-/m0/s1. The van der Waals surface area contributed by atoms with Gasteiger partial charge < -0.3 is 14.8 Å². The minimum Gasteiger partial charge on any atom is -0.493 e. The van der Waals surface area contributed by atoms with Crippen LogP contribution in [-0.4, -0.2) is 51.7 Å². The number of nitrogens with zero attached hydrogens (tertiary/aromatic N) is 1. The Bertz CT molecular complexity index is 750. The Morgan fingerprint density at radius 2 is 1.96 bits per heavy atom. The predicted octanol–water partition coefficient (Wildman–Crippen LogP) is 2.33. The van der Waals surface area contributed by atoms with Crippen molar-refractivity contribution in [2.45, 2.75) is 39.2 Å². The number of methoxy groups -OCH3 is 2. The first-order chi connectivity index (χ1) is 12.9. The first-order valence-electron chi connectivity index (χ1n) is 9.36. The summed E-state index contributed by atoms with van der Waals surface area (Å²) in [6.07, 6.45) is 2.11. The summed E-state index contributed by atoms with van der Waals surface area (Å²) in [5.74, 6) is 0.877. The number of carbonyl (C=O) groups excluding carboxylic acids is 1. The van der Waals surface area contributed by atoms with Gasteiger partial charge in [0.15, 0.2) is 11.5 Å². The quantitative estimate of drug-likeness (QED) is 0.726. The largest absolute Gasteiger partial charge is 0.493 e. The van der Waals surface area contributed by atoms with Crippen molar-refractivity contribution in [1.82, 2.24) is 9.62 Å². The molecule has 0 aromatic heterocycles. The van der Waals surface area contributed by atoms with Gasteiger partial charge in [-0.25, -0.2) is 12.7 Å². The lowest BCUT2D eigenvalue weighted by atomic mass is 9.97. The van der Waals surface area contributed by atoms with E-state index in [0.29, 0.717) is 37.3 Å². The van der Waals surface area contributed by atoms with E-state index >= 15 is 0 Å². The van der Waals surface area contributed by atoms with Crippen molar-refractivity contribution >= 4 is 15.9 Å². The molecule has 7 nitrogen and oxygen atoms in total. The zero-order valence-electron chi connectivity index (χ0n) is 16.5. The van der Waals surface area contributed by atoms with Crippen LogP contribution in [0.3, 0.4) is 0 Å². The van der Waals surface area contributed by atoms with Crippen LogP contribution in [0.25, 0.3) is 0 Å². The molecule has 0 saturated carbocycles. The molecule has 0 spiro atoms. The number of amides is 1. The monoisotopic (exact) mass is 398 g/mol. The van der Waals surface area contributed by atoms with Gasteiger partial charge in [-0.15, -0.1) is 0 Å². The number of piperidine rings is 1. The molecule has 1 heterocycles. The second kappa shape index (κ2) is 9.41. The smallest absolute Gasteiger partial charge is 0.224 e. The third-order valence-corrected chi connectivity index (χ3v) is 6.90. The van der Waals surface area contributed by atoms with E-state index in [9.17, 15) is 13.2 Å². The van der Waals surface area contributed by atoms with Crippen LogP contribution < -0.4 is 14.8 Å². The molecule has 0 radical (unpaired) electrons. The molecular formula is C19H30N2O5S. The second-order valence-corrected chi connectivity index (χ2v) is 8.94. The normalized spacial score (nSPS) is 19.3. The van der Waals surface area contributed by atoms with E-state index in [0.717, 1.165) is 5.56 Å². The fourth-order valence-corrected chi connectivity index (χ4v) is 4.55. The Labute approximate surface area is 162 Å². The Morgan fingerprint density at radius 1 is 1.26 bits per heavy atom. The molecule has 1 aromatic carbocycles. The summed E-state index contributed by atoms with van der Waals surface area (Å²) in [5, 5.41) is 3.07. The average Bonchev–Trinajstić information content (AvgIpc) is 2.71. The van der Waals surface area contributed by atoms with Crippen LogP contribution >= 0.6 is 0 Å². The molecule has 2 atom stereocenters. The van der Waals surface area contributed by atoms with Crippen LogP contribution in [-0.2, 0) is 14.8 Å². The van der Waals surface area contributed by atoms with E-state index in [-0.39, 0.29) is 30.2 Å². The molecule has 1 fully saturated rings. The molecule has 8 heteroatoms. The summed E-state index contributed by atoms with van der Waals surface area (Å²) >= 11 is 0. The van der Waals surface area contributed by atoms with Gasteiger partial charge in [-0.2, -0.15) is 0 Å². The zero-order valence-corrected chi connectivity index (χ0v) is 17.3. The summed E-state index contributed by atoms with van der Waals surface area (Å²) in [6, 6.07) is 5.42. The average molecular weight is 399 g/mol. The maximum atomic E-state index is 12.8. The summed E-state index contributed by atoms with van der Waals surface area (Å²) in [6.45, 7) is 4.37. The molecule has 0 unspecified atom stereocenters. The number of hydrogen-bond acceptors (Lipinski definition) is 5. The van der Waals surface area contributed by atoms with Crippen LogP contribution in [0.1, 0.15) is 44.7 Å². The van der Waals surface area contributed by atoms with Gasteiger partial charge >= 0.3 is 0 Å². The molecule has 1 N–H and O–H groups in total. The number of carbonyl (C=O) groups is 1. The van der Waals surface area contributed by atoms with Gasteiger partial charge in [0.05, 0.1) is 31.9 Å². The van der Waals surface area contributed by atoms with Gasteiger partial charge in [0.1, 0.15) is 0 Å². The third kappa shape index (κ3) is 5.13. The molecule has 152 valence electrons. The molecule has 0 aliphatic carbocycles. The molecule has 1 amide bonds. The topological polar surface area (TPSA) is 84.9 Å². The lowest BCUT2D eigenvalue weighted by Gasteiger charge is -2.32. The van der Waals surface area contributed by atoms with Crippen LogP contribution in [0.4, 0.5) is 0 Å². The zero-order chi connectivity index (χ0) is 20.0. The predicted molar refractivity (Wildman–Crippen MR) is 104 cm³/mol. The van der Waals surface area contributed by atoms with Crippen LogP contribution in [0, 0.1) is 5.92 Å². The van der Waals surface area contributed by atoms with E-state index in [1.54, 1.807) is 21.1 Å². The molecule has 1 aliphatic heterocycles. The van der Waals surface area contributed by atoms with Crippen molar-refractivity contribution in [2.24, 2.45) is 5.92 Å². The van der Waals surface area contributed by atoms with Crippen molar-refractivity contribution in [1.29, 1.82) is 0 Å². The summed E-state index contributed by atoms with van der Waals surface area (Å²) < 4.78 is 36.3. The number of rotatable bonds is 8. The fourth-order valence-electron chi connectivity index (χ4n) is 3.37. The van der Waals surface area contributed by atoms with Crippen LogP contribution in [0.5, 0.6) is 11.5 Å². The highest BCUT2D eigenvalue weighted by Gasteiger charge is 2.32. The lowest BCUT2D eigenvalue weighted by Crippen LogP contribution is -2.46. The summed E-state index contributed by atoms with van der Waals surface area (Å²) in [7, 11) is -0.113.